The van der Waals surface area contributed by atoms with E-state index >= 15 is 0 Å². The van der Waals surface area contributed by atoms with Gasteiger partial charge in [-0.25, -0.2) is 0 Å². The van der Waals surface area contributed by atoms with E-state index in [-0.39, 0.29) is 6.42 Å². The van der Waals surface area contributed by atoms with Crippen LogP contribution in [0.25, 0.3) is 0 Å². The lowest BCUT2D eigenvalue weighted by Gasteiger charge is -2.24. The van der Waals surface area contributed by atoms with Gasteiger partial charge < -0.3 is 37.0 Å². The molecule has 0 aromatic heterocycles. The number of benzene rings is 1. The van der Waals surface area contributed by atoms with Gasteiger partial charge >= 0.3 is 17.9 Å². The number of carboxylic acid groups (broad SMARTS) is 3. The van der Waals surface area contributed by atoms with Gasteiger partial charge in [0, 0.05) is 6.42 Å². The van der Waals surface area contributed by atoms with E-state index in [1.165, 1.54) is 6.92 Å². The maximum Gasteiger partial charge on any atom is 0.325 e. The smallest absolute Gasteiger partial charge is 0.325 e. The quantitative estimate of drug-likeness (QED) is 0.170. The fourth-order valence-electron chi connectivity index (χ4n) is 2.65. The fourth-order valence-corrected chi connectivity index (χ4v) is 2.65. The van der Waals surface area contributed by atoms with Crippen LogP contribution in [-0.2, 0) is 35.2 Å². The Morgan fingerprint density at radius 3 is 1.82 bits per heavy atom. The highest BCUT2D eigenvalue weighted by molar-refractivity contribution is 5.96. The van der Waals surface area contributed by atoms with Gasteiger partial charge in [-0.3, -0.25) is 28.8 Å². The summed E-state index contributed by atoms with van der Waals surface area (Å²) < 4.78 is 0. The van der Waals surface area contributed by atoms with E-state index in [1.54, 1.807) is 30.3 Å². The minimum Gasteiger partial charge on any atom is -0.481 e. The van der Waals surface area contributed by atoms with Crippen LogP contribution in [0.3, 0.4) is 0 Å². The number of amides is 3. The second-order valence-electron chi connectivity index (χ2n) is 7.18. The summed E-state index contributed by atoms with van der Waals surface area (Å²) in [5, 5.41) is 33.5. The van der Waals surface area contributed by atoms with Gasteiger partial charge in [0.1, 0.15) is 18.1 Å². The number of nitrogens with two attached hydrogens (primary N) is 1. The van der Waals surface area contributed by atoms with Gasteiger partial charge in [-0.1, -0.05) is 30.3 Å². The number of rotatable bonds is 13. The Morgan fingerprint density at radius 1 is 0.788 bits per heavy atom. The highest BCUT2D eigenvalue weighted by Crippen LogP contribution is 2.06. The van der Waals surface area contributed by atoms with Crippen LogP contribution >= 0.6 is 0 Å². The largest absolute Gasteiger partial charge is 0.481 e. The van der Waals surface area contributed by atoms with Crippen LogP contribution in [0, 0.1) is 0 Å². The monoisotopic (exact) mass is 466 g/mol. The van der Waals surface area contributed by atoms with E-state index in [2.05, 4.69) is 16.0 Å². The van der Waals surface area contributed by atoms with Crippen LogP contribution in [0.5, 0.6) is 0 Å². The maximum atomic E-state index is 12.7. The standard InChI is InChI=1S/C20H26N4O9/c1-10(20(32)33)22-18(30)13(7-11-5-3-2-4-6-11)24-19(31)14(9-16(27)28)23-17(29)12(21)8-15(25)26/h2-6,10,12-14H,7-9,21H2,1H3,(H,22,30)(H,23,29)(H,24,31)(H,25,26)(H,27,28)(H,32,33). The third-order valence-electron chi connectivity index (χ3n) is 4.39. The molecule has 0 spiro atoms. The average Bonchev–Trinajstić information content (AvgIpc) is 2.72. The Balaban J connectivity index is 3.05. The van der Waals surface area contributed by atoms with Crippen molar-refractivity contribution in [2.45, 2.75) is 50.4 Å². The Morgan fingerprint density at radius 2 is 1.30 bits per heavy atom. The van der Waals surface area contributed by atoms with Gasteiger partial charge in [-0.15, -0.1) is 0 Å². The lowest BCUT2D eigenvalue weighted by Crippen LogP contribution is -2.57. The second kappa shape index (κ2) is 12.8. The van der Waals surface area contributed by atoms with E-state index in [0.717, 1.165) is 0 Å². The normalized spacial score (nSPS) is 14.1. The molecule has 13 heteroatoms. The van der Waals surface area contributed by atoms with Crippen LogP contribution < -0.4 is 21.7 Å². The molecule has 33 heavy (non-hydrogen) atoms. The molecule has 1 aromatic rings. The van der Waals surface area contributed by atoms with E-state index in [4.69, 9.17) is 21.1 Å². The van der Waals surface area contributed by atoms with Crippen molar-refractivity contribution in [1.82, 2.24) is 16.0 Å². The highest BCUT2D eigenvalue weighted by atomic mass is 16.4. The molecule has 4 atom stereocenters. The number of hydrogen-bond acceptors (Lipinski definition) is 7. The molecule has 1 aromatic carbocycles. The number of aliphatic carboxylic acids is 3. The van der Waals surface area contributed by atoms with E-state index < -0.39 is 72.6 Å². The number of nitrogens with one attached hydrogen (secondary N) is 3. The predicted octanol–water partition coefficient (Wildman–Crippen LogP) is -1.94. The molecule has 0 fully saturated rings. The summed E-state index contributed by atoms with van der Waals surface area (Å²) in [6.07, 6.45) is -1.68. The van der Waals surface area contributed by atoms with Crippen LogP contribution in [0.4, 0.5) is 0 Å². The minimum atomic E-state index is -1.67. The summed E-state index contributed by atoms with van der Waals surface area (Å²) >= 11 is 0. The minimum absolute atomic E-state index is 0.0585. The van der Waals surface area contributed by atoms with Crippen molar-refractivity contribution in [3.05, 3.63) is 35.9 Å². The number of carbonyl (C=O) groups is 6. The van der Waals surface area contributed by atoms with Gasteiger partial charge in [-0.2, -0.15) is 0 Å². The van der Waals surface area contributed by atoms with Crippen molar-refractivity contribution in [2.75, 3.05) is 0 Å². The summed E-state index contributed by atoms with van der Waals surface area (Å²) in [4.78, 5) is 70.4. The Labute approximate surface area is 188 Å². The molecule has 0 saturated carbocycles. The molecule has 0 heterocycles. The fraction of sp³-hybridized carbons (Fsp3) is 0.400. The molecule has 0 aliphatic rings. The van der Waals surface area contributed by atoms with Gasteiger partial charge in [0.05, 0.1) is 18.9 Å². The summed E-state index contributed by atoms with van der Waals surface area (Å²) in [5.41, 5.74) is 6.05. The predicted molar refractivity (Wildman–Crippen MR) is 112 cm³/mol. The lowest BCUT2D eigenvalue weighted by molar-refractivity contribution is -0.143. The topological polar surface area (TPSA) is 225 Å². The molecule has 4 unspecified atom stereocenters. The third kappa shape index (κ3) is 9.78. The zero-order chi connectivity index (χ0) is 25.1. The van der Waals surface area contributed by atoms with Crippen LogP contribution in [-0.4, -0.2) is 75.1 Å². The number of carboxylic acids is 3. The molecule has 0 saturated heterocycles. The zero-order valence-corrected chi connectivity index (χ0v) is 17.7. The first-order valence-electron chi connectivity index (χ1n) is 9.77. The summed E-state index contributed by atoms with van der Waals surface area (Å²) in [6.45, 7) is 1.22. The summed E-state index contributed by atoms with van der Waals surface area (Å²) in [5.74, 6) is -7.09. The molecule has 0 aliphatic carbocycles. The Hall–Kier alpha value is -4.00. The zero-order valence-electron chi connectivity index (χ0n) is 17.7. The van der Waals surface area contributed by atoms with Crippen molar-refractivity contribution in [1.29, 1.82) is 0 Å². The molecular formula is C20H26N4O9. The van der Waals surface area contributed by atoms with E-state index in [9.17, 15) is 28.8 Å². The molecule has 8 N–H and O–H groups in total. The lowest BCUT2D eigenvalue weighted by atomic mass is 10.0. The molecule has 13 nitrogen and oxygen atoms in total. The first-order chi connectivity index (χ1) is 15.4. The van der Waals surface area contributed by atoms with Gasteiger partial charge in [0.15, 0.2) is 0 Å². The molecule has 0 aliphatic heterocycles. The molecule has 1 rings (SSSR count). The van der Waals surface area contributed by atoms with Crippen molar-refractivity contribution >= 4 is 35.6 Å². The Bertz CT molecular complexity index is 891. The van der Waals surface area contributed by atoms with E-state index in [0.29, 0.717) is 5.56 Å². The number of hydrogen-bond donors (Lipinski definition) is 7. The van der Waals surface area contributed by atoms with Gasteiger partial charge in [0.2, 0.25) is 17.7 Å². The van der Waals surface area contributed by atoms with Crippen molar-refractivity contribution in [2.24, 2.45) is 5.73 Å². The summed E-state index contributed by atoms with van der Waals surface area (Å²) in [6, 6.07) is 2.64. The molecule has 0 bridgehead atoms. The highest BCUT2D eigenvalue weighted by Gasteiger charge is 2.31. The molecular weight excluding hydrogens is 440 g/mol. The third-order valence-corrected chi connectivity index (χ3v) is 4.39. The molecule has 0 radical (unpaired) electrons. The number of carbonyl (C=O) groups excluding carboxylic acids is 3. The molecule has 180 valence electrons. The molecule has 3 amide bonds. The van der Waals surface area contributed by atoms with Gasteiger partial charge in [-0.05, 0) is 12.5 Å². The van der Waals surface area contributed by atoms with Crippen molar-refractivity contribution in [3.63, 3.8) is 0 Å². The van der Waals surface area contributed by atoms with E-state index in [1.807, 2.05) is 0 Å². The van der Waals surface area contributed by atoms with Crippen LogP contribution in [0.1, 0.15) is 25.3 Å². The average molecular weight is 466 g/mol. The SMILES string of the molecule is CC(NC(=O)C(Cc1ccccc1)NC(=O)C(CC(=O)O)NC(=O)C(N)CC(=O)O)C(=O)O. The van der Waals surface area contributed by atoms with Crippen molar-refractivity contribution in [3.8, 4) is 0 Å². The first-order valence-corrected chi connectivity index (χ1v) is 9.77. The summed E-state index contributed by atoms with van der Waals surface area (Å²) in [7, 11) is 0. The first kappa shape index (κ1) is 27.0. The van der Waals surface area contributed by atoms with Gasteiger partial charge in [0.25, 0.3) is 0 Å². The van der Waals surface area contributed by atoms with Crippen LogP contribution in [0.15, 0.2) is 30.3 Å². The van der Waals surface area contributed by atoms with Crippen LogP contribution in [0.2, 0.25) is 0 Å². The second-order valence-corrected chi connectivity index (χ2v) is 7.18. The Kier molecular flexibility index (Phi) is 10.5. The van der Waals surface area contributed by atoms with Crippen molar-refractivity contribution < 1.29 is 44.1 Å². The maximum absolute atomic E-state index is 12.7.